The Morgan fingerprint density at radius 3 is 2.41 bits per heavy atom. The van der Waals surface area contributed by atoms with E-state index in [1.165, 1.54) is 0 Å². The molecule has 1 aromatic carbocycles. The van der Waals surface area contributed by atoms with Crippen LogP contribution in [0.5, 0.6) is 5.75 Å². The summed E-state index contributed by atoms with van der Waals surface area (Å²) in [6.07, 6.45) is 0.417. The second kappa shape index (κ2) is 6.47. The monoisotopic (exact) mass is 256 g/mol. The van der Waals surface area contributed by atoms with Crippen LogP contribution in [0.4, 0.5) is 0 Å². The number of hydrogen-bond donors (Lipinski definition) is 2. The Morgan fingerprint density at radius 1 is 1.24 bits per heavy atom. The molecule has 0 spiro atoms. The number of nitrogens with one attached hydrogen (secondary N) is 1. The van der Waals surface area contributed by atoms with Crippen LogP contribution in [0, 0.1) is 0 Å². The third-order valence-electron chi connectivity index (χ3n) is 2.76. The first-order valence-corrected chi connectivity index (χ1v) is 5.52. The van der Waals surface area contributed by atoms with Crippen molar-refractivity contribution < 1.29 is 9.90 Å². The molecule has 1 aliphatic heterocycles. The first-order valence-electron chi connectivity index (χ1n) is 5.52. The fourth-order valence-corrected chi connectivity index (χ4v) is 1.81. The molecule has 0 aromatic heterocycles. The highest BCUT2D eigenvalue weighted by Gasteiger charge is 2.15. The maximum Gasteiger partial charge on any atom is 0.227 e. The van der Waals surface area contributed by atoms with E-state index in [0.717, 1.165) is 31.7 Å². The molecule has 1 aromatic rings. The molecule has 0 unspecified atom stereocenters. The molecule has 94 valence electrons. The van der Waals surface area contributed by atoms with E-state index in [1.807, 2.05) is 4.90 Å². The van der Waals surface area contributed by atoms with Crippen molar-refractivity contribution in [2.45, 2.75) is 6.42 Å². The van der Waals surface area contributed by atoms with E-state index >= 15 is 0 Å². The molecule has 1 aliphatic rings. The summed E-state index contributed by atoms with van der Waals surface area (Å²) in [5.74, 6) is 0.394. The van der Waals surface area contributed by atoms with Crippen molar-refractivity contribution in [3.05, 3.63) is 29.8 Å². The molecule has 5 heteroatoms. The third-order valence-corrected chi connectivity index (χ3v) is 2.76. The summed E-state index contributed by atoms with van der Waals surface area (Å²) in [5.41, 5.74) is 0.946. The first kappa shape index (κ1) is 13.8. The van der Waals surface area contributed by atoms with Crippen LogP contribution in [-0.4, -0.2) is 42.1 Å². The van der Waals surface area contributed by atoms with Crippen molar-refractivity contribution in [3.63, 3.8) is 0 Å². The minimum absolute atomic E-state index is 0. The third kappa shape index (κ3) is 3.91. The van der Waals surface area contributed by atoms with Gasteiger partial charge in [0.15, 0.2) is 0 Å². The van der Waals surface area contributed by atoms with Crippen LogP contribution in [0.25, 0.3) is 0 Å². The van der Waals surface area contributed by atoms with Gasteiger partial charge in [0.05, 0.1) is 6.42 Å². The van der Waals surface area contributed by atoms with Gasteiger partial charge in [-0.25, -0.2) is 0 Å². The fourth-order valence-electron chi connectivity index (χ4n) is 1.81. The highest BCUT2D eigenvalue weighted by atomic mass is 35.5. The minimum Gasteiger partial charge on any atom is -0.508 e. The number of hydrogen-bond acceptors (Lipinski definition) is 3. The number of aromatic hydroxyl groups is 1. The number of nitrogens with zero attached hydrogens (tertiary/aromatic N) is 1. The summed E-state index contributed by atoms with van der Waals surface area (Å²) >= 11 is 0. The van der Waals surface area contributed by atoms with Crippen LogP contribution in [-0.2, 0) is 11.2 Å². The van der Waals surface area contributed by atoms with Gasteiger partial charge in [0.25, 0.3) is 0 Å². The molecule has 0 saturated carbocycles. The number of phenols is 1. The van der Waals surface area contributed by atoms with E-state index in [0.29, 0.717) is 6.42 Å². The predicted molar refractivity (Wildman–Crippen MR) is 68.5 cm³/mol. The minimum atomic E-state index is 0. The van der Waals surface area contributed by atoms with Gasteiger partial charge < -0.3 is 15.3 Å². The second-order valence-electron chi connectivity index (χ2n) is 3.97. The van der Waals surface area contributed by atoms with E-state index in [1.54, 1.807) is 24.3 Å². The normalized spacial score (nSPS) is 15.2. The average molecular weight is 257 g/mol. The Kier molecular flexibility index (Phi) is 5.25. The molecule has 1 saturated heterocycles. The second-order valence-corrected chi connectivity index (χ2v) is 3.97. The summed E-state index contributed by atoms with van der Waals surface area (Å²) in [7, 11) is 0. The van der Waals surface area contributed by atoms with E-state index in [2.05, 4.69) is 5.32 Å². The quantitative estimate of drug-likeness (QED) is 0.823. The number of piperazine rings is 1. The number of halogens is 1. The lowest BCUT2D eigenvalue weighted by atomic mass is 10.1. The number of carbonyl (C=O) groups is 1. The maximum absolute atomic E-state index is 11.9. The average Bonchev–Trinajstić information content (AvgIpc) is 2.33. The number of carbonyl (C=O) groups excluding carboxylic acids is 1. The molecule has 0 radical (unpaired) electrons. The fraction of sp³-hybridized carbons (Fsp3) is 0.417. The van der Waals surface area contributed by atoms with Crippen molar-refractivity contribution in [1.29, 1.82) is 0 Å². The van der Waals surface area contributed by atoms with Gasteiger partial charge in [-0.2, -0.15) is 0 Å². The van der Waals surface area contributed by atoms with Crippen molar-refractivity contribution in [3.8, 4) is 5.75 Å². The number of phenolic OH excluding ortho intramolecular Hbond substituents is 1. The number of benzene rings is 1. The molecule has 0 bridgehead atoms. The van der Waals surface area contributed by atoms with Crippen molar-refractivity contribution in [2.24, 2.45) is 0 Å². The van der Waals surface area contributed by atoms with Crippen LogP contribution >= 0.6 is 12.4 Å². The molecule has 0 aliphatic carbocycles. The van der Waals surface area contributed by atoms with Gasteiger partial charge in [0.1, 0.15) is 5.75 Å². The maximum atomic E-state index is 11.9. The van der Waals surface area contributed by atoms with Gasteiger partial charge in [-0.3, -0.25) is 4.79 Å². The van der Waals surface area contributed by atoms with Crippen molar-refractivity contribution in [1.82, 2.24) is 10.2 Å². The Bertz CT molecular complexity index is 361. The first-order chi connectivity index (χ1) is 7.75. The largest absolute Gasteiger partial charge is 0.508 e. The van der Waals surface area contributed by atoms with E-state index in [4.69, 9.17) is 5.11 Å². The molecule has 0 atom stereocenters. The zero-order chi connectivity index (χ0) is 11.4. The van der Waals surface area contributed by atoms with Crippen LogP contribution in [0.15, 0.2) is 24.3 Å². The van der Waals surface area contributed by atoms with Crippen LogP contribution < -0.4 is 5.32 Å². The van der Waals surface area contributed by atoms with Gasteiger partial charge in [-0.05, 0) is 17.7 Å². The summed E-state index contributed by atoms with van der Waals surface area (Å²) < 4.78 is 0. The highest BCUT2D eigenvalue weighted by molar-refractivity contribution is 5.85. The van der Waals surface area contributed by atoms with Gasteiger partial charge in [0, 0.05) is 26.2 Å². The van der Waals surface area contributed by atoms with Crippen molar-refractivity contribution in [2.75, 3.05) is 26.2 Å². The Balaban J connectivity index is 0.00000144. The molecule has 1 heterocycles. The van der Waals surface area contributed by atoms with E-state index < -0.39 is 0 Å². The Labute approximate surface area is 107 Å². The number of rotatable bonds is 2. The molecular weight excluding hydrogens is 240 g/mol. The molecule has 4 nitrogen and oxygen atoms in total. The smallest absolute Gasteiger partial charge is 0.227 e. The number of amides is 1. The van der Waals surface area contributed by atoms with E-state index in [-0.39, 0.29) is 24.1 Å². The summed E-state index contributed by atoms with van der Waals surface area (Å²) in [6.45, 7) is 3.33. The lowest BCUT2D eigenvalue weighted by molar-refractivity contribution is -0.131. The van der Waals surface area contributed by atoms with Crippen LogP contribution in [0.2, 0.25) is 0 Å². The zero-order valence-corrected chi connectivity index (χ0v) is 10.4. The SMILES string of the molecule is Cl.O=C(Cc1ccc(O)cc1)N1CCNCC1. The molecular formula is C12H17ClN2O2. The highest BCUT2D eigenvalue weighted by Crippen LogP contribution is 2.11. The van der Waals surface area contributed by atoms with Gasteiger partial charge in [0.2, 0.25) is 5.91 Å². The van der Waals surface area contributed by atoms with Crippen molar-refractivity contribution >= 4 is 18.3 Å². The molecule has 1 fully saturated rings. The lowest BCUT2D eigenvalue weighted by Gasteiger charge is -2.27. The topological polar surface area (TPSA) is 52.6 Å². The van der Waals surface area contributed by atoms with Gasteiger partial charge in [-0.15, -0.1) is 12.4 Å². The van der Waals surface area contributed by atoms with Gasteiger partial charge in [-0.1, -0.05) is 12.1 Å². The van der Waals surface area contributed by atoms with E-state index in [9.17, 15) is 4.79 Å². The molecule has 2 N–H and O–H groups in total. The van der Waals surface area contributed by atoms with Gasteiger partial charge >= 0.3 is 0 Å². The lowest BCUT2D eigenvalue weighted by Crippen LogP contribution is -2.46. The molecule has 17 heavy (non-hydrogen) atoms. The summed E-state index contributed by atoms with van der Waals surface area (Å²) in [6, 6.07) is 6.80. The summed E-state index contributed by atoms with van der Waals surface area (Å²) in [4.78, 5) is 13.8. The zero-order valence-electron chi connectivity index (χ0n) is 9.56. The standard InChI is InChI=1S/C12H16N2O2.ClH/c15-11-3-1-10(2-4-11)9-12(16)14-7-5-13-6-8-14;/h1-4,13,15H,5-9H2;1H. The summed E-state index contributed by atoms with van der Waals surface area (Å²) in [5, 5.41) is 12.3. The molecule has 1 amide bonds. The Hall–Kier alpha value is -1.26. The van der Waals surface area contributed by atoms with Crippen LogP contribution in [0.3, 0.4) is 0 Å². The molecule has 2 rings (SSSR count). The predicted octanol–water partition coefficient (Wildman–Crippen LogP) is 0.788. The van der Waals surface area contributed by atoms with Crippen LogP contribution in [0.1, 0.15) is 5.56 Å². The Morgan fingerprint density at radius 2 is 1.82 bits per heavy atom.